The number of carbonyl (C=O) groups excluding carboxylic acids is 2. The first-order chi connectivity index (χ1) is 17.5. The Morgan fingerprint density at radius 2 is 1.86 bits per heavy atom. The van der Waals surface area contributed by atoms with Gasteiger partial charge < -0.3 is 19.3 Å². The van der Waals surface area contributed by atoms with Crippen molar-refractivity contribution in [3.63, 3.8) is 0 Å². The van der Waals surface area contributed by atoms with Gasteiger partial charge in [-0.25, -0.2) is 0 Å². The van der Waals surface area contributed by atoms with Crippen LogP contribution in [-0.4, -0.2) is 55.0 Å². The van der Waals surface area contributed by atoms with Gasteiger partial charge in [-0.15, -0.1) is 11.3 Å². The molecular weight excluding hydrogens is 472 g/mol. The number of aryl methyl sites for hydroxylation is 1. The minimum atomic E-state index is -0.175. The summed E-state index contributed by atoms with van der Waals surface area (Å²) in [5.41, 5.74) is 2.79. The van der Waals surface area contributed by atoms with Crippen LogP contribution in [0.5, 0.6) is 11.5 Å². The number of hydrogen-bond donors (Lipinski definition) is 0. The van der Waals surface area contributed by atoms with E-state index < -0.39 is 0 Å². The fraction of sp³-hybridized carbons (Fsp3) is 0.379. The molecule has 2 amide bonds. The van der Waals surface area contributed by atoms with Gasteiger partial charge in [0.05, 0.1) is 13.2 Å². The summed E-state index contributed by atoms with van der Waals surface area (Å²) in [5.74, 6) is 1.86. The molecule has 2 aromatic carbocycles. The van der Waals surface area contributed by atoms with E-state index in [4.69, 9.17) is 9.47 Å². The van der Waals surface area contributed by atoms with Crippen LogP contribution in [0.1, 0.15) is 45.2 Å². The first kappa shape index (κ1) is 24.4. The van der Waals surface area contributed by atoms with Crippen molar-refractivity contribution < 1.29 is 19.1 Å². The SMILES string of the molecule is COc1ccc(C(=O)N(CC(=O)N2CCc3sccc3[C@@H]2COc2ccccc2C)CC2CC2)cc1. The third-order valence-electron chi connectivity index (χ3n) is 7.03. The summed E-state index contributed by atoms with van der Waals surface area (Å²) in [4.78, 5) is 32.1. The second kappa shape index (κ2) is 10.7. The second-order valence-corrected chi connectivity index (χ2v) is 10.6. The van der Waals surface area contributed by atoms with Crippen molar-refractivity contribution in [3.05, 3.63) is 81.5 Å². The van der Waals surface area contributed by atoms with E-state index in [0.717, 1.165) is 36.1 Å². The van der Waals surface area contributed by atoms with Crippen molar-refractivity contribution in [2.24, 2.45) is 5.92 Å². The molecule has 1 saturated carbocycles. The molecule has 1 atom stereocenters. The van der Waals surface area contributed by atoms with Crippen molar-refractivity contribution in [2.75, 3.05) is 33.4 Å². The highest BCUT2D eigenvalue weighted by Crippen LogP contribution is 2.35. The summed E-state index contributed by atoms with van der Waals surface area (Å²) in [6.45, 7) is 3.72. The van der Waals surface area contributed by atoms with Crippen LogP contribution in [0, 0.1) is 12.8 Å². The van der Waals surface area contributed by atoms with Gasteiger partial charge >= 0.3 is 0 Å². The van der Waals surface area contributed by atoms with Crippen LogP contribution < -0.4 is 9.47 Å². The number of thiophene rings is 1. The van der Waals surface area contributed by atoms with Crippen molar-refractivity contribution in [2.45, 2.75) is 32.2 Å². The number of ether oxygens (including phenoxy) is 2. The number of methoxy groups -OCH3 is 1. The standard InChI is InChI=1S/C29H32N2O4S/c1-20-5-3-4-6-26(20)35-19-25-24-14-16-36-27(24)13-15-31(25)28(32)18-30(17-21-7-8-21)29(33)22-9-11-23(34-2)12-10-22/h3-6,9-12,14,16,21,25H,7-8,13,15,17-19H2,1-2H3/t25-/m0/s1. The Morgan fingerprint density at radius 1 is 1.08 bits per heavy atom. The fourth-order valence-corrected chi connectivity index (χ4v) is 5.69. The lowest BCUT2D eigenvalue weighted by Gasteiger charge is -2.37. The summed E-state index contributed by atoms with van der Waals surface area (Å²) < 4.78 is 11.4. The van der Waals surface area contributed by atoms with Crippen LogP contribution >= 0.6 is 11.3 Å². The first-order valence-electron chi connectivity index (χ1n) is 12.5. The molecule has 6 nitrogen and oxygen atoms in total. The molecule has 1 aliphatic heterocycles. The molecule has 2 aliphatic rings. The van der Waals surface area contributed by atoms with Gasteiger partial charge in [-0.2, -0.15) is 0 Å². The zero-order valence-corrected chi connectivity index (χ0v) is 21.6. The smallest absolute Gasteiger partial charge is 0.254 e. The van der Waals surface area contributed by atoms with Gasteiger partial charge in [-0.3, -0.25) is 9.59 Å². The summed E-state index contributed by atoms with van der Waals surface area (Å²) in [7, 11) is 1.60. The van der Waals surface area contributed by atoms with Crippen LogP contribution in [-0.2, 0) is 11.2 Å². The minimum Gasteiger partial charge on any atom is -0.497 e. The molecule has 7 heteroatoms. The number of nitrogens with zero attached hydrogens (tertiary/aromatic N) is 2. The molecule has 0 saturated heterocycles. The summed E-state index contributed by atoms with van der Waals surface area (Å²) in [5, 5.41) is 2.09. The zero-order chi connectivity index (χ0) is 25.1. The molecule has 1 aromatic heterocycles. The van der Waals surface area contributed by atoms with Gasteiger partial charge in [-0.1, -0.05) is 18.2 Å². The fourth-order valence-electron chi connectivity index (χ4n) is 4.76. The van der Waals surface area contributed by atoms with E-state index >= 15 is 0 Å². The molecule has 0 bridgehead atoms. The molecule has 2 heterocycles. The number of rotatable bonds is 9. The number of hydrogen-bond acceptors (Lipinski definition) is 5. The Balaban J connectivity index is 1.34. The predicted molar refractivity (Wildman–Crippen MR) is 141 cm³/mol. The molecule has 0 unspecified atom stereocenters. The quantitative estimate of drug-likeness (QED) is 0.406. The van der Waals surface area contributed by atoms with Gasteiger partial charge in [0.25, 0.3) is 5.91 Å². The number of benzene rings is 2. The molecule has 1 fully saturated rings. The molecule has 1 aliphatic carbocycles. The Bertz CT molecular complexity index is 1220. The summed E-state index contributed by atoms with van der Waals surface area (Å²) in [6, 6.07) is 17.0. The molecule has 0 radical (unpaired) electrons. The van der Waals surface area contributed by atoms with Crippen LogP contribution in [0.2, 0.25) is 0 Å². The molecule has 3 aromatic rings. The van der Waals surface area contributed by atoms with E-state index in [-0.39, 0.29) is 24.4 Å². The average Bonchev–Trinajstić information content (AvgIpc) is 3.59. The maximum atomic E-state index is 13.7. The Hall–Kier alpha value is -3.32. The number of para-hydroxylation sites is 1. The highest BCUT2D eigenvalue weighted by atomic mass is 32.1. The summed E-state index contributed by atoms with van der Waals surface area (Å²) in [6.07, 6.45) is 3.04. The third-order valence-corrected chi connectivity index (χ3v) is 8.03. The van der Waals surface area contributed by atoms with E-state index in [1.165, 1.54) is 4.88 Å². The lowest BCUT2D eigenvalue weighted by Crippen LogP contribution is -2.48. The van der Waals surface area contributed by atoms with Crippen LogP contribution in [0.3, 0.4) is 0 Å². The highest BCUT2D eigenvalue weighted by molar-refractivity contribution is 7.10. The monoisotopic (exact) mass is 504 g/mol. The molecular formula is C29H32N2O4S. The lowest BCUT2D eigenvalue weighted by molar-refractivity contribution is -0.135. The molecule has 188 valence electrons. The third kappa shape index (κ3) is 5.41. The largest absolute Gasteiger partial charge is 0.497 e. The minimum absolute atomic E-state index is 0.0345. The van der Waals surface area contributed by atoms with Crippen LogP contribution in [0.25, 0.3) is 0 Å². The van der Waals surface area contributed by atoms with Gasteiger partial charge in [0, 0.05) is 23.5 Å². The molecule has 5 rings (SSSR count). The Kier molecular flexibility index (Phi) is 7.28. The summed E-state index contributed by atoms with van der Waals surface area (Å²) >= 11 is 1.74. The molecule has 0 N–H and O–H groups in total. The second-order valence-electron chi connectivity index (χ2n) is 9.59. The van der Waals surface area contributed by atoms with E-state index in [0.29, 0.717) is 36.9 Å². The number of fused-ring (bicyclic) bond motifs is 1. The number of carbonyl (C=O) groups is 2. The van der Waals surface area contributed by atoms with Gasteiger partial charge in [0.1, 0.15) is 24.7 Å². The van der Waals surface area contributed by atoms with Crippen molar-refractivity contribution in [3.8, 4) is 11.5 Å². The zero-order valence-electron chi connectivity index (χ0n) is 20.8. The highest BCUT2D eigenvalue weighted by Gasteiger charge is 2.35. The normalized spacial score (nSPS) is 16.8. The maximum Gasteiger partial charge on any atom is 0.254 e. The van der Waals surface area contributed by atoms with E-state index in [1.807, 2.05) is 36.1 Å². The van der Waals surface area contributed by atoms with Crippen molar-refractivity contribution in [1.82, 2.24) is 9.80 Å². The van der Waals surface area contributed by atoms with E-state index in [1.54, 1.807) is 47.6 Å². The molecule has 36 heavy (non-hydrogen) atoms. The Morgan fingerprint density at radius 3 is 2.58 bits per heavy atom. The number of amides is 2. The van der Waals surface area contributed by atoms with Gasteiger partial charge in [-0.05, 0) is 85.0 Å². The first-order valence-corrected chi connectivity index (χ1v) is 13.4. The van der Waals surface area contributed by atoms with Crippen LogP contribution in [0.4, 0.5) is 0 Å². The van der Waals surface area contributed by atoms with E-state index in [9.17, 15) is 9.59 Å². The van der Waals surface area contributed by atoms with Gasteiger partial charge in [0.15, 0.2) is 0 Å². The van der Waals surface area contributed by atoms with E-state index in [2.05, 4.69) is 11.4 Å². The Labute approximate surface area is 216 Å². The van der Waals surface area contributed by atoms with Gasteiger partial charge in [0.2, 0.25) is 5.91 Å². The average molecular weight is 505 g/mol. The predicted octanol–water partition coefficient (Wildman–Crippen LogP) is 5.12. The lowest BCUT2D eigenvalue weighted by atomic mass is 10.00. The van der Waals surface area contributed by atoms with Crippen LogP contribution in [0.15, 0.2) is 60.0 Å². The van der Waals surface area contributed by atoms with Crippen molar-refractivity contribution >= 4 is 23.2 Å². The topological polar surface area (TPSA) is 59.1 Å². The van der Waals surface area contributed by atoms with Crippen molar-refractivity contribution in [1.29, 1.82) is 0 Å². The maximum absolute atomic E-state index is 13.7. The molecule has 0 spiro atoms.